The van der Waals surface area contributed by atoms with Crippen LogP contribution in [0.1, 0.15) is 23.7 Å². The molecule has 0 N–H and O–H groups in total. The summed E-state index contributed by atoms with van der Waals surface area (Å²) >= 11 is 5.90. The molecular formula is C26H21BClF7N2. The maximum atomic E-state index is 12.8. The number of imidazole rings is 1. The summed E-state index contributed by atoms with van der Waals surface area (Å²) in [5.74, 6) is -0.337. The number of rotatable bonds is 4. The molecule has 0 fully saturated rings. The molecule has 1 aromatic heterocycles. The van der Waals surface area contributed by atoms with Crippen molar-refractivity contribution < 1.29 is 30.7 Å². The molecule has 0 aliphatic heterocycles. The zero-order valence-electron chi connectivity index (χ0n) is 19.7. The Hall–Kier alpha value is -3.27. The zero-order valence-corrected chi connectivity index (χ0v) is 20.5. The van der Waals surface area contributed by atoms with Gasteiger partial charge in [0.25, 0.3) is 0 Å². The van der Waals surface area contributed by atoms with Gasteiger partial charge in [-0.2, -0.15) is 26.3 Å². The third-order valence-electron chi connectivity index (χ3n) is 5.63. The molecule has 0 atom stereocenters. The van der Waals surface area contributed by atoms with Crippen molar-refractivity contribution in [2.75, 3.05) is 0 Å². The molecule has 1 heterocycles. The second-order valence-corrected chi connectivity index (χ2v) is 8.62. The van der Waals surface area contributed by atoms with Crippen LogP contribution in [0.5, 0.6) is 0 Å². The van der Waals surface area contributed by atoms with Crippen LogP contribution in [0.2, 0.25) is 11.3 Å². The fraction of sp³-hybridized carbons (Fsp3) is 0.192. The van der Waals surface area contributed by atoms with Crippen LogP contribution in [0, 0.1) is 12.7 Å². The molecule has 0 aliphatic carbocycles. The normalized spacial score (nSPS) is 11.6. The van der Waals surface area contributed by atoms with Gasteiger partial charge in [0.15, 0.2) is 0 Å². The first-order valence-electron chi connectivity index (χ1n) is 11.1. The molecule has 194 valence electrons. The summed E-state index contributed by atoms with van der Waals surface area (Å²) in [5, 5.41) is 0.381. The van der Waals surface area contributed by atoms with Gasteiger partial charge in [-0.3, -0.25) is 0 Å². The number of nitrogens with zero attached hydrogens (tertiary/aromatic N) is 2. The van der Waals surface area contributed by atoms with E-state index < -0.39 is 30.2 Å². The van der Waals surface area contributed by atoms with E-state index in [1.54, 1.807) is 25.5 Å². The summed E-state index contributed by atoms with van der Waals surface area (Å²) in [7, 11) is 0. The summed E-state index contributed by atoms with van der Waals surface area (Å²) in [6.07, 6.45) is -5.21. The Labute approximate surface area is 214 Å². The van der Waals surface area contributed by atoms with Gasteiger partial charge < -0.3 is 4.57 Å². The minimum Gasteiger partial charge on any atom is -0.302 e. The van der Waals surface area contributed by atoms with Gasteiger partial charge in [-0.25, -0.2) is 9.37 Å². The molecule has 2 nitrogen and oxygen atoms in total. The number of aromatic nitrogens is 2. The predicted octanol–water partition coefficient (Wildman–Crippen LogP) is 7.33. The van der Waals surface area contributed by atoms with Gasteiger partial charge in [0.2, 0.25) is 6.71 Å². The first-order chi connectivity index (χ1) is 17.3. The predicted molar refractivity (Wildman–Crippen MR) is 132 cm³/mol. The lowest BCUT2D eigenvalue weighted by atomic mass is 9.39. The maximum absolute atomic E-state index is 12.8. The van der Waals surface area contributed by atoms with E-state index in [0.29, 0.717) is 22.3 Å². The minimum absolute atomic E-state index is 0.337. The Bertz CT molecular complexity index is 1290. The van der Waals surface area contributed by atoms with Gasteiger partial charge in [-0.15, -0.1) is 0 Å². The van der Waals surface area contributed by atoms with Crippen molar-refractivity contribution in [3.63, 3.8) is 0 Å². The van der Waals surface area contributed by atoms with Crippen molar-refractivity contribution >= 4 is 29.2 Å². The Balaban J connectivity index is 0.000000231. The van der Waals surface area contributed by atoms with Crippen LogP contribution >= 0.6 is 11.6 Å². The summed E-state index contributed by atoms with van der Waals surface area (Å²) in [6.45, 7) is 3.11. The van der Waals surface area contributed by atoms with Crippen LogP contribution in [0.25, 0.3) is 5.69 Å². The molecule has 4 rings (SSSR count). The van der Waals surface area contributed by atoms with Crippen molar-refractivity contribution in [3.8, 4) is 5.69 Å². The molecule has 4 aromatic rings. The summed E-state index contributed by atoms with van der Waals surface area (Å²) in [5.41, 5.74) is 0.783. The van der Waals surface area contributed by atoms with E-state index in [1.165, 1.54) is 36.4 Å². The fourth-order valence-electron chi connectivity index (χ4n) is 3.82. The monoisotopic (exact) mass is 540 g/mol. The van der Waals surface area contributed by atoms with Gasteiger partial charge >= 0.3 is 12.4 Å². The number of alkyl halides is 6. The first-order valence-corrected chi connectivity index (χ1v) is 11.5. The van der Waals surface area contributed by atoms with E-state index in [-0.39, 0.29) is 5.82 Å². The van der Waals surface area contributed by atoms with Crippen LogP contribution in [0.15, 0.2) is 79.3 Å². The molecule has 0 aliphatic rings. The first kappa shape index (κ1) is 28.3. The third-order valence-corrected chi connectivity index (χ3v) is 5.94. The van der Waals surface area contributed by atoms with Crippen LogP contribution in [0.3, 0.4) is 0 Å². The molecule has 3 aromatic carbocycles. The Morgan fingerprint density at radius 3 is 1.78 bits per heavy atom. The highest BCUT2D eigenvalue weighted by molar-refractivity contribution is 6.85. The molecule has 0 bridgehead atoms. The smallest absolute Gasteiger partial charge is 0.302 e. The number of hydrogen-bond acceptors (Lipinski definition) is 1. The van der Waals surface area contributed by atoms with E-state index >= 15 is 0 Å². The number of benzene rings is 3. The lowest BCUT2D eigenvalue weighted by Crippen LogP contribution is -2.42. The number of hydrogen-bond donors (Lipinski definition) is 0. The molecule has 0 unspecified atom stereocenters. The molecule has 0 radical (unpaired) electrons. The summed E-state index contributed by atoms with van der Waals surface area (Å²) < 4.78 is 91.4. The van der Waals surface area contributed by atoms with E-state index in [2.05, 4.69) is 4.98 Å². The second-order valence-electron chi connectivity index (χ2n) is 8.21. The lowest BCUT2D eigenvalue weighted by molar-refractivity contribution is -0.138. The van der Waals surface area contributed by atoms with E-state index in [9.17, 15) is 30.7 Å². The van der Waals surface area contributed by atoms with Crippen LogP contribution in [0.4, 0.5) is 30.7 Å². The molecular weight excluding hydrogens is 520 g/mol. The highest BCUT2D eigenvalue weighted by Crippen LogP contribution is 2.29. The lowest BCUT2D eigenvalue weighted by Gasteiger charge is -2.16. The van der Waals surface area contributed by atoms with E-state index in [0.717, 1.165) is 35.6 Å². The van der Waals surface area contributed by atoms with Crippen LogP contribution < -0.4 is 10.9 Å². The highest BCUT2D eigenvalue weighted by atomic mass is 35.5. The SMILES string of the molecule is CCB(c1cccc(C(F)(F)F)c1)c1cccc(C(F)(F)F)c1.Cc1cncn1-c1ccc(F)cc1Cl. The molecule has 37 heavy (non-hydrogen) atoms. The van der Waals surface area contributed by atoms with Crippen molar-refractivity contribution in [1.29, 1.82) is 0 Å². The van der Waals surface area contributed by atoms with Gasteiger partial charge in [0.05, 0.1) is 28.2 Å². The van der Waals surface area contributed by atoms with Crippen molar-refractivity contribution in [3.05, 3.63) is 107 Å². The third kappa shape index (κ3) is 7.16. The average Bonchev–Trinajstić information content (AvgIpc) is 3.25. The summed E-state index contributed by atoms with van der Waals surface area (Å²) in [6, 6.07) is 13.7. The Morgan fingerprint density at radius 1 is 0.838 bits per heavy atom. The molecule has 0 amide bonds. The largest absolute Gasteiger partial charge is 0.416 e. The van der Waals surface area contributed by atoms with Crippen LogP contribution in [-0.4, -0.2) is 16.3 Å². The average molecular weight is 541 g/mol. The van der Waals surface area contributed by atoms with Gasteiger partial charge in [-0.1, -0.05) is 84.3 Å². The molecule has 0 saturated carbocycles. The summed E-state index contributed by atoms with van der Waals surface area (Å²) in [4.78, 5) is 3.97. The minimum atomic E-state index is -4.48. The quantitative estimate of drug-likeness (QED) is 0.196. The number of aryl methyl sites for hydroxylation is 1. The maximum Gasteiger partial charge on any atom is 0.416 e. The van der Waals surface area contributed by atoms with Crippen LogP contribution in [-0.2, 0) is 12.4 Å². The van der Waals surface area contributed by atoms with Gasteiger partial charge in [-0.05, 0) is 25.1 Å². The Morgan fingerprint density at radius 2 is 1.38 bits per heavy atom. The van der Waals surface area contributed by atoms with Gasteiger partial charge in [0.1, 0.15) is 5.82 Å². The van der Waals surface area contributed by atoms with Gasteiger partial charge in [0, 0.05) is 11.9 Å². The Kier molecular flexibility index (Phi) is 8.74. The number of halogens is 8. The topological polar surface area (TPSA) is 17.8 Å². The fourth-order valence-corrected chi connectivity index (χ4v) is 4.08. The highest BCUT2D eigenvalue weighted by Gasteiger charge is 2.33. The van der Waals surface area contributed by atoms with Crippen molar-refractivity contribution in [2.45, 2.75) is 32.5 Å². The molecule has 11 heteroatoms. The molecule has 0 saturated heterocycles. The second kappa shape index (κ2) is 11.4. The standard InChI is InChI=1S/C16H13BF6.C10H8ClFN2/c1-2-17(13-7-3-5-11(9-13)15(18,19)20)14-8-4-6-12(10-14)16(21,22)23;1-7-5-13-6-14(7)10-3-2-8(12)4-9(10)11/h3-10H,2H2,1H3;2-6H,1H3. The molecule has 0 spiro atoms. The van der Waals surface area contributed by atoms with Crippen molar-refractivity contribution in [1.82, 2.24) is 9.55 Å². The van der Waals surface area contributed by atoms with E-state index in [1.807, 2.05) is 11.5 Å². The zero-order chi connectivity index (χ0) is 27.4. The van der Waals surface area contributed by atoms with Crippen molar-refractivity contribution in [2.24, 2.45) is 0 Å². The van der Waals surface area contributed by atoms with E-state index in [4.69, 9.17) is 11.6 Å².